The van der Waals surface area contributed by atoms with Crippen molar-refractivity contribution in [2.24, 2.45) is 0 Å². The van der Waals surface area contributed by atoms with Crippen molar-refractivity contribution in [1.82, 2.24) is 19.6 Å². The van der Waals surface area contributed by atoms with Gasteiger partial charge in [0.25, 0.3) is 0 Å². The summed E-state index contributed by atoms with van der Waals surface area (Å²) in [4.78, 5) is 7.34. The molecule has 0 aromatic carbocycles. The van der Waals surface area contributed by atoms with E-state index in [4.69, 9.17) is 0 Å². The van der Waals surface area contributed by atoms with E-state index in [2.05, 4.69) is 50.9 Å². The van der Waals surface area contributed by atoms with Crippen LogP contribution < -0.4 is 5.32 Å². The average molecular weight is 284 g/mol. The van der Waals surface area contributed by atoms with Gasteiger partial charge < -0.3 is 9.72 Å². The first kappa shape index (κ1) is 13.3. The van der Waals surface area contributed by atoms with E-state index in [1.165, 1.54) is 44.5 Å². The summed E-state index contributed by atoms with van der Waals surface area (Å²) in [5, 5.41) is 3.81. The van der Waals surface area contributed by atoms with Gasteiger partial charge in [-0.25, -0.2) is 4.98 Å². The molecule has 0 spiro atoms. The van der Waals surface area contributed by atoms with Crippen LogP contribution in [0.15, 0.2) is 24.4 Å². The van der Waals surface area contributed by atoms with Crippen LogP contribution in [0.5, 0.6) is 0 Å². The SMILES string of the molecule is Cc1nc2ccccn2c1CNC1CCN2CCCCC12. The van der Waals surface area contributed by atoms with Crippen LogP contribution in [-0.4, -0.2) is 39.5 Å². The van der Waals surface area contributed by atoms with Crippen molar-refractivity contribution >= 4 is 5.65 Å². The van der Waals surface area contributed by atoms with Crippen LogP contribution in [-0.2, 0) is 6.54 Å². The molecule has 4 nitrogen and oxygen atoms in total. The summed E-state index contributed by atoms with van der Waals surface area (Å²) in [5.41, 5.74) is 3.50. The Morgan fingerprint density at radius 3 is 3.14 bits per heavy atom. The molecule has 4 rings (SSSR count). The topological polar surface area (TPSA) is 32.6 Å². The van der Waals surface area contributed by atoms with E-state index in [1.54, 1.807) is 0 Å². The molecule has 0 saturated carbocycles. The number of aromatic nitrogens is 2. The molecule has 2 aliphatic heterocycles. The highest BCUT2D eigenvalue weighted by molar-refractivity contribution is 5.42. The van der Waals surface area contributed by atoms with Crippen molar-refractivity contribution in [3.8, 4) is 0 Å². The van der Waals surface area contributed by atoms with E-state index in [0.717, 1.165) is 23.9 Å². The first-order valence-electron chi connectivity index (χ1n) is 8.23. The van der Waals surface area contributed by atoms with Gasteiger partial charge in [0, 0.05) is 31.4 Å². The van der Waals surface area contributed by atoms with Gasteiger partial charge in [-0.05, 0) is 44.9 Å². The molecular weight excluding hydrogens is 260 g/mol. The maximum atomic E-state index is 4.65. The van der Waals surface area contributed by atoms with E-state index < -0.39 is 0 Å². The van der Waals surface area contributed by atoms with Gasteiger partial charge in [-0.2, -0.15) is 0 Å². The summed E-state index contributed by atoms with van der Waals surface area (Å²) in [5.74, 6) is 0. The van der Waals surface area contributed by atoms with E-state index in [-0.39, 0.29) is 0 Å². The number of hydrogen-bond acceptors (Lipinski definition) is 3. The maximum absolute atomic E-state index is 4.65. The molecule has 0 radical (unpaired) electrons. The number of nitrogens with one attached hydrogen (secondary N) is 1. The molecule has 1 N–H and O–H groups in total. The maximum Gasteiger partial charge on any atom is 0.137 e. The Labute approximate surface area is 126 Å². The van der Waals surface area contributed by atoms with Gasteiger partial charge in [0.15, 0.2) is 0 Å². The van der Waals surface area contributed by atoms with Gasteiger partial charge >= 0.3 is 0 Å². The molecule has 2 aromatic heterocycles. The smallest absolute Gasteiger partial charge is 0.137 e. The van der Waals surface area contributed by atoms with Crippen LogP contribution in [0.3, 0.4) is 0 Å². The fraction of sp³-hybridized carbons (Fsp3) is 0.588. The molecular formula is C17H24N4. The third-order valence-corrected chi connectivity index (χ3v) is 5.22. The Balaban J connectivity index is 1.50. The number of imidazole rings is 1. The van der Waals surface area contributed by atoms with Crippen molar-refractivity contribution in [3.05, 3.63) is 35.8 Å². The summed E-state index contributed by atoms with van der Waals surface area (Å²) in [6, 6.07) is 7.62. The lowest BCUT2D eigenvalue weighted by Gasteiger charge is -2.32. The highest BCUT2D eigenvalue weighted by Crippen LogP contribution is 2.27. The van der Waals surface area contributed by atoms with E-state index in [0.29, 0.717) is 6.04 Å². The average Bonchev–Trinajstić information content (AvgIpc) is 3.06. The molecule has 0 amide bonds. The highest BCUT2D eigenvalue weighted by Gasteiger charge is 2.35. The quantitative estimate of drug-likeness (QED) is 0.939. The van der Waals surface area contributed by atoms with Crippen molar-refractivity contribution < 1.29 is 0 Å². The van der Waals surface area contributed by atoms with E-state index in [9.17, 15) is 0 Å². The number of aryl methyl sites for hydroxylation is 1. The van der Waals surface area contributed by atoms with Gasteiger partial charge in [0.05, 0.1) is 11.4 Å². The third-order valence-electron chi connectivity index (χ3n) is 5.22. The summed E-state index contributed by atoms with van der Waals surface area (Å²) < 4.78 is 2.22. The number of nitrogens with zero attached hydrogens (tertiary/aromatic N) is 3. The highest BCUT2D eigenvalue weighted by atomic mass is 15.2. The largest absolute Gasteiger partial charge is 0.307 e. The normalized spacial score (nSPS) is 26.3. The first-order valence-corrected chi connectivity index (χ1v) is 8.23. The Kier molecular flexibility index (Phi) is 3.43. The zero-order valence-electron chi connectivity index (χ0n) is 12.8. The second-order valence-corrected chi connectivity index (χ2v) is 6.45. The van der Waals surface area contributed by atoms with Crippen LogP contribution >= 0.6 is 0 Å². The minimum Gasteiger partial charge on any atom is -0.307 e. The Bertz CT molecular complexity index is 633. The number of rotatable bonds is 3. The zero-order chi connectivity index (χ0) is 14.2. The van der Waals surface area contributed by atoms with Crippen molar-refractivity contribution in [3.63, 3.8) is 0 Å². The van der Waals surface area contributed by atoms with Gasteiger partial charge in [-0.3, -0.25) is 4.90 Å². The molecule has 0 aliphatic carbocycles. The Hall–Kier alpha value is -1.39. The van der Waals surface area contributed by atoms with Gasteiger partial charge in [0.1, 0.15) is 5.65 Å². The minimum atomic E-state index is 0.652. The first-order chi connectivity index (χ1) is 10.3. The monoisotopic (exact) mass is 284 g/mol. The number of pyridine rings is 1. The standard InChI is InChI=1S/C17H24N4/c1-13-16(21-10-5-3-7-17(21)19-13)12-18-14-8-11-20-9-4-2-6-15(14)20/h3,5,7,10,14-15,18H,2,4,6,8-9,11-12H2,1H3. The van der Waals surface area contributed by atoms with Gasteiger partial charge in [-0.15, -0.1) is 0 Å². The van der Waals surface area contributed by atoms with Crippen LogP contribution in [0.4, 0.5) is 0 Å². The number of hydrogen-bond donors (Lipinski definition) is 1. The molecule has 4 heteroatoms. The zero-order valence-corrected chi connectivity index (χ0v) is 12.8. The fourth-order valence-corrected chi connectivity index (χ4v) is 4.09. The molecule has 0 bridgehead atoms. The van der Waals surface area contributed by atoms with Gasteiger partial charge in [0.2, 0.25) is 0 Å². The lowest BCUT2D eigenvalue weighted by molar-refractivity contribution is 0.180. The van der Waals surface area contributed by atoms with E-state index >= 15 is 0 Å². The second-order valence-electron chi connectivity index (χ2n) is 6.45. The van der Waals surface area contributed by atoms with Crippen molar-refractivity contribution in [2.75, 3.05) is 13.1 Å². The molecule has 2 unspecified atom stereocenters. The van der Waals surface area contributed by atoms with Gasteiger partial charge in [-0.1, -0.05) is 12.5 Å². The summed E-state index contributed by atoms with van der Waals surface area (Å²) >= 11 is 0. The summed E-state index contributed by atoms with van der Waals surface area (Å²) in [7, 11) is 0. The van der Waals surface area contributed by atoms with Crippen molar-refractivity contribution in [1.29, 1.82) is 0 Å². The lowest BCUT2D eigenvalue weighted by atomic mass is 9.99. The molecule has 112 valence electrons. The Morgan fingerprint density at radius 2 is 2.19 bits per heavy atom. The predicted molar refractivity (Wildman–Crippen MR) is 84.4 cm³/mol. The van der Waals surface area contributed by atoms with Crippen LogP contribution in [0.2, 0.25) is 0 Å². The second kappa shape index (κ2) is 5.43. The predicted octanol–water partition coefficient (Wildman–Crippen LogP) is 2.36. The van der Waals surface area contributed by atoms with E-state index in [1.807, 2.05) is 0 Å². The third kappa shape index (κ3) is 2.36. The number of piperidine rings is 1. The molecule has 2 aromatic rings. The minimum absolute atomic E-state index is 0.652. The number of fused-ring (bicyclic) bond motifs is 2. The summed E-state index contributed by atoms with van der Waals surface area (Å²) in [6.07, 6.45) is 7.56. The van der Waals surface area contributed by atoms with Crippen molar-refractivity contribution in [2.45, 2.75) is 51.2 Å². The Morgan fingerprint density at radius 1 is 1.24 bits per heavy atom. The fourth-order valence-electron chi connectivity index (χ4n) is 4.09. The molecule has 2 aliphatic rings. The van der Waals surface area contributed by atoms with Crippen LogP contribution in [0.25, 0.3) is 5.65 Å². The molecule has 4 heterocycles. The molecule has 2 fully saturated rings. The van der Waals surface area contributed by atoms with Crippen LogP contribution in [0.1, 0.15) is 37.1 Å². The molecule has 2 saturated heterocycles. The molecule has 21 heavy (non-hydrogen) atoms. The molecule has 2 atom stereocenters. The van der Waals surface area contributed by atoms with Crippen LogP contribution in [0, 0.1) is 6.92 Å². The summed E-state index contributed by atoms with van der Waals surface area (Å²) in [6.45, 7) is 5.61. The lowest BCUT2D eigenvalue weighted by Crippen LogP contribution is -2.44.